The maximum Gasteiger partial charge on any atom is 0.323 e. The van der Waals surface area contributed by atoms with Gasteiger partial charge in [0.05, 0.1) is 11.4 Å². The first-order chi connectivity index (χ1) is 15.1. The fraction of sp³-hybridized carbons (Fsp3) is 0.269. The lowest BCUT2D eigenvalue weighted by atomic mass is 9.90. The maximum atomic E-state index is 12.3. The van der Waals surface area contributed by atoms with E-state index in [2.05, 4.69) is 35.2 Å². The molecule has 2 amide bonds. The number of aromatic hydroxyl groups is 1. The predicted octanol–water partition coefficient (Wildman–Crippen LogP) is 5.06. The van der Waals surface area contributed by atoms with Crippen LogP contribution in [-0.4, -0.2) is 29.1 Å². The number of phenols is 1. The van der Waals surface area contributed by atoms with Crippen LogP contribution < -0.4 is 10.6 Å². The van der Waals surface area contributed by atoms with Crippen molar-refractivity contribution in [3.63, 3.8) is 0 Å². The van der Waals surface area contributed by atoms with Gasteiger partial charge in [0.25, 0.3) is 0 Å². The number of nitrogens with two attached hydrogens (primary N) is 1. The number of carbonyl (C=O) groups is 1. The molecule has 0 radical (unpaired) electrons. The highest BCUT2D eigenvalue weighted by Gasteiger charge is 2.23. The topological polar surface area (TPSA) is 69.8 Å². The normalized spacial score (nSPS) is 15.0. The number of amides is 2. The molecule has 0 aromatic heterocycles. The molecule has 0 bridgehead atoms. The summed E-state index contributed by atoms with van der Waals surface area (Å²) in [7, 11) is 0. The van der Waals surface area contributed by atoms with Gasteiger partial charge in [0, 0.05) is 6.54 Å². The van der Waals surface area contributed by atoms with Crippen LogP contribution in [-0.2, 0) is 13.0 Å². The monoisotopic (exact) mass is 415 g/mol. The fourth-order valence-electron chi connectivity index (χ4n) is 4.42. The van der Waals surface area contributed by atoms with E-state index in [4.69, 9.17) is 5.73 Å². The van der Waals surface area contributed by atoms with Crippen molar-refractivity contribution in [2.45, 2.75) is 25.8 Å². The third-order valence-electron chi connectivity index (χ3n) is 6.01. The smallest absolute Gasteiger partial charge is 0.323 e. The van der Waals surface area contributed by atoms with Crippen LogP contribution >= 0.6 is 0 Å². The Balaban J connectivity index is 1.48. The number of likely N-dealkylation sites (tertiary alicyclic amines) is 1. The summed E-state index contributed by atoms with van der Waals surface area (Å²) in [5, 5.41) is 10.1. The van der Waals surface area contributed by atoms with E-state index >= 15 is 0 Å². The van der Waals surface area contributed by atoms with Gasteiger partial charge in [-0.05, 0) is 79.7 Å². The van der Waals surface area contributed by atoms with Gasteiger partial charge in [0.15, 0.2) is 0 Å². The van der Waals surface area contributed by atoms with Crippen molar-refractivity contribution < 1.29 is 9.90 Å². The number of primary amides is 1. The third kappa shape index (κ3) is 5.25. The Morgan fingerprint density at radius 1 is 0.968 bits per heavy atom. The summed E-state index contributed by atoms with van der Waals surface area (Å²) < 4.78 is 0. The van der Waals surface area contributed by atoms with Gasteiger partial charge in [-0.3, -0.25) is 9.80 Å². The fourth-order valence-corrected chi connectivity index (χ4v) is 4.42. The van der Waals surface area contributed by atoms with E-state index in [1.807, 2.05) is 30.3 Å². The molecule has 1 fully saturated rings. The van der Waals surface area contributed by atoms with E-state index in [1.165, 1.54) is 10.5 Å². The van der Waals surface area contributed by atoms with Crippen molar-refractivity contribution >= 4 is 17.4 Å². The van der Waals surface area contributed by atoms with E-state index in [0.29, 0.717) is 23.8 Å². The Labute approximate surface area is 183 Å². The van der Waals surface area contributed by atoms with Crippen molar-refractivity contribution in [2.75, 3.05) is 18.0 Å². The summed E-state index contributed by atoms with van der Waals surface area (Å²) in [5.41, 5.74) is 9.46. The molecule has 31 heavy (non-hydrogen) atoms. The van der Waals surface area contributed by atoms with Crippen molar-refractivity contribution in [2.24, 2.45) is 11.7 Å². The number of hydrogen-bond donors (Lipinski definition) is 2. The minimum atomic E-state index is -0.542. The summed E-state index contributed by atoms with van der Waals surface area (Å²) >= 11 is 0. The van der Waals surface area contributed by atoms with E-state index in [-0.39, 0.29) is 5.75 Å². The molecule has 1 aliphatic rings. The van der Waals surface area contributed by atoms with Gasteiger partial charge in [0.1, 0.15) is 5.75 Å². The van der Waals surface area contributed by atoms with Crippen molar-refractivity contribution in [3.05, 3.63) is 90.0 Å². The average Bonchev–Trinajstić information content (AvgIpc) is 2.78. The number of anilines is 2. The Kier molecular flexibility index (Phi) is 6.53. The van der Waals surface area contributed by atoms with Gasteiger partial charge in [-0.15, -0.1) is 0 Å². The third-order valence-corrected chi connectivity index (χ3v) is 6.01. The molecular weight excluding hydrogens is 386 g/mol. The maximum absolute atomic E-state index is 12.3. The van der Waals surface area contributed by atoms with Crippen LogP contribution in [0.15, 0.2) is 78.9 Å². The van der Waals surface area contributed by atoms with Crippen LogP contribution in [0, 0.1) is 5.92 Å². The minimum Gasteiger partial charge on any atom is -0.508 e. The summed E-state index contributed by atoms with van der Waals surface area (Å²) in [4.78, 5) is 16.2. The molecule has 5 nitrogen and oxygen atoms in total. The zero-order chi connectivity index (χ0) is 21.6. The number of rotatable bonds is 6. The molecule has 1 saturated heterocycles. The highest BCUT2D eigenvalue weighted by Crippen LogP contribution is 2.33. The van der Waals surface area contributed by atoms with E-state index in [0.717, 1.165) is 37.9 Å². The first-order valence-electron chi connectivity index (χ1n) is 10.8. The van der Waals surface area contributed by atoms with Gasteiger partial charge in [0.2, 0.25) is 0 Å². The number of nitrogens with zero attached hydrogens (tertiary/aromatic N) is 2. The molecule has 0 spiro atoms. The Morgan fingerprint density at radius 3 is 2.26 bits per heavy atom. The number of para-hydroxylation sites is 1. The number of urea groups is 1. The first-order valence-corrected chi connectivity index (χ1v) is 10.8. The van der Waals surface area contributed by atoms with Crippen molar-refractivity contribution in [1.29, 1.82) is 0 Å². The average molecular weight is 416 g/mol. The molecule has 5 heteroatoms. The number of piperidine rings is 1. The van der Waals surface area contributed by atoms with Gasteiger partial charge in [-0.2, -0.15) is 0 Å². The lowest BCUT2D eigenvalue weighted by molar-refractivity contribution is 0.177. The van der Waals surface area contributed by atoms with Crippen molar-refractivity contribution in [1.82, 2.24) is 4.90 Å². The van der Waals surface area contributed by atoms with Gasteiger partial charge < -0.3 is 10.8 Å². The molecule has 0 unspecified atom stereocenters. The first kappa shape index (κ1) is 20.9. The number of hydrogen-bond acceptors (Lipinski definition) is 3. The number of carbonyl (C=O) groups excluding carboxylic acids is 1. The summed E-state index contributed by atoms with van der Waals surface area (Å²) in [6.45, 7) is 2.65. The second-order valence-electron chi connectivity index (χ2n) is 8.23. The van der Waals surface area contributed by atoms with Crippen LogP contribution in [0.2, 0.25) is 0 Å². The molecular formula is C26H29N3O2. The van der Waals surface area contributed by atoms with Crippen LogP contribution in [0.5, 0.6) is 5.75 Å². The molecule has 1 heterocycles. The zero-order valence-electron chi connectivity index (χ0n) is 17.7. The Hall–Kier alpha value is -3.31. The number of phenolic OH excluding ortho intramolecular Hbond substituents is 1. The number of benzene rings is 3. The second kappa shape index (κ2) is 9.67. The lowest BCUT2D eigenvalue weighted by Crippen LogP contribution is -2.35. The molecule has 0 saturated carbocycles. The highest BCUT2D eigenvalue weighted by atomic mass is 16.3. The standard InChI is InChI=1S/C26H29N3O2/c27-26(31)29(23-9-5-2-6-10-23)25-12-11-24(30)18-22(25)19-28-15-13-21(14-16-28)17-20-7-3-1-4-8-20/h1-12,18,21,30H,13-17,19H2,(H2,27,31). The molecule has 0 aliphatic carbocycles. The SMILES string of the molecule is NC(=O)N(c1ccccc1)c1ccc(O)cc1CN1CCC(Cc2ccccc2)CC1. The van der Waals surface area contributed by atoms with Gasteiger partial charge in [-0.1, -0.05) is 48.5 Å². The van der Waals surface area contributed by atoms with Gasteiger partial charge in [-0.25, -0.2) is 4.79 Å². The molecule has 3 aromatic carbocycles. The summed E-state index contributed by atoms with van der Waals surface area (Å²) in [6, 6.07) is 24.6. The molecule has 3 aromatic rings. The summed E-state index contributed by atoms with van der Waals surface area (Å²) in [6.07, 6.45) is 3.40. The van der Waals surface area contributed by atoms with E-state index in [9.17, 15) is 9.90 Å². The minimum absolute atomic E-state index is 0.190. The zero-order valence-corrected chi connectivity index (χ0v) is 17.7. The van der Waals surface area contributed by atoms with Crippen LogP contribution in [0.1, 0.15) is 24.0 Å². The summed E-state index contributed by atoms with van der Waals surface area (Å²) in [5.74, 6) is 0.879. The van der Waals surface area contributed by atoms with E-state index < -0.39 is 6.03 Å². The Bertz CT molecular complexity index is 1000. The van der Waals surface area contributed by atoms with E-state index in [1.54, 1.807) is 18.2 Å². The molecule has 3 N–H and O–H groups in total. The quantitative estimate of drug-likeness (QED) is 0.591. The molecule has 0 atom stereocenters. The van der Waals surface area contributed by atoms with Crippen molar-refractivity contribution in [3.8, 4) is 5.75 Å². The highest BCUT2D eigenvalue weighted by molar-refractivity contribution is 5.99. The van der Waals surface area contributed by atoms with Crippen LogP contribution in [0.3, 0.4) is 0 Å². The lowest BCUT2D eigenvalue weighted by Gasteiger charge is -2.33. The largest absolute Gasteiger partial charge is 0.508 e. The predicted molar refractivity (Wildman–Crippen MR) is 124 cm³/mol. The molecule has 160 valence electrons. The Morgan fingerprint density at radius 2 is 1.61 bits per heavy atom. The molecule has 1 aliphatic heterocycles. The second-order valence-corrected chi connectivity index (χ2v) is 8.23. The van der Waals surface area contributed by atoms with Gasteiger partial charge >= 0.3 is 6.03 Å². The molecule has 4 rings (SSSR count). The van der Waals surface area contributed by atoms with Crippen LogP contribution in [0.4, 0.5) is 16.2 Å². The van der Waals surface area contributed by atoms with Crippen LogP contribution in [0.25, 0.3) is 0 Å².